The van der Waals surface area contributed by atoms with Crippen LogP contribution >= 0.6 is 71.2 Å². The second-order valence-electron chi connectivity index (χ2n) is 9.32. The Balaban J connectivity index is 0.00000924. The molecule has 20 heteroatoms. The van der Waals surface area contributed by atoms with Gasteiger partial charge in [0.25, 0.3) is 0 Å². The summed E-state index contributed by atoms with van der Waals surface area (Å²) in [5.74, 6) is -4.84. The Labute approximate surface area is 289 Å². The van der Waals surface area contributed by atoms with E-state index in [1.807, 2.05) is 38.0 Å². The average molecular weight is 781 g/mol. The fraction of sp³-hybridized carbons (Fsp3) is 0.417. The van der Waals surface area contributed by atoms with Crippen molar-refractivity contribution in [1.82, 2.24) is 19.2 Å². The zero-order valence-corrected chi connectivity index (χ0v) is 30.1. The van der Waals surface area contributed by atoms with Gasteiger partial charge in [0, 0.05) is 23.1 Å². The molecule has 0 radical (unpaired) electrons. The summed E-state index contributed by atoms with van der Waals surface area (Å²) < 4.78 is 66.6. The fourth-order valence-electron chi connectivity index (χ4n) is 3.30. The number of hydrogen-bond acceptors (Lipinski definition) is 10. The van der Waals surface area contributed by atoms with Crippen molar-refractivity contribution in [2.24, 2.45) is 0 Å². The highest BCUT2D eigenvalue weighted by Crippen LogP contribution is 2.37. The molecule has 2 N–H and O–H groups in total. The molecule has 0 amide bonds. The van der Waals surface area contributed by atoms with Crippen molar-refractivity contribution in [2.45, 2.75) is 22.6 Å². The van der Waals surface area contributed by atoms with Crippen LogP contribution in [0.3, 0.4) is 0 Å². The smallest absolute Gasteiger partial charge is 0.415 e. The predicted octanol–water partition coefficient (Wildman–Crippen LogP) is 4.11. The van der Waals surface area contributed by atoms with Crippen LogP contribution in [0.4, 0.5) is 0 Å². The average Bonchev–Trinajstić information content (AvgIpc) is 2.86. The summed E-state index contributed by atoms with van der Waals surface area (Å²) in [6, 6.07) is 4.17. The van der Waals surface area contributed by atoms with Crippen molar-refractivity contribution in [3.8, 4) is 11.5 Å². The van der Waals surface area contributed by atoms with Crippen LogP contribution in [0.2, 0.25) is 20.1 Å². The topological polar surface area (TPSA) is 151 Å². The van der Waals surface area contributed by atoms with E-state index in [1.54, 1.807) is 0 Å². The molecule has 0 saturated heterocycles. The van der Waals surface area contributed by atoms with Gasteiger partial charge in [-0.05, 0) is 78.4 Å². The van der Waals surface area contributed by atoms with E-state index >= 15 is 0 Å². The van der Waals surface area contributed by atoms with Gasteiger partial charge in [0.15, 0.2) is 11.5 Å². The molecule has 0 fully saturated rings. The number of carbonyl (C=O) groups excluding carboxylic acids is 2. The van der Waals surface area contributed by atoms with Gasteiger partial charge in [0.05, 0.1) is 10.0 Å². The molecule has 12 nitrogen and oxygen atoms in total. The lowest BCUT2D eigenvalue weighted by molar-refractivity contribution is -0.156. The van der Waals surface area contributed by atoms with Gasteiger partial charge in [0.2, 0.25) is 20.0 Å². The van der Waals surface area contributed by atoms with Gasteiger partial charge >= 0.3 is 11.9 Å². The minimum absolute atomic E-state index is 0. The van der Waals surface area contributed by atoms with Gasteiger partial charge in [-0.1, -0.05) is 46.4 Å². The molecule has 0 aliphatic carbocycles. The number of carbonyl (C=O) groups is 2. The van der Waals surface area contributed by atoms with Crippen LogP contribution in [0.5, 0.6) is 11.5 Å². The van der Waals surface area contributed by atoms with Gasteiger partial charge in [-0.2, -0.15) is 0 Å². The van der Waals surface area contributed by atoms with Crippen LogP contribution in [0, 0.1) is 0 Å². The highest BCUT2D eigenvalue weighted by Gasteiger charge is 2.31. The monoisotopic (exact) mass is 778 g/mol. The number of nitrogens with zero attached hydrogens (tertiary/aromatic N) is 2. The lowest BCUT2D eigenvalue weighted by Gasteiger charge is -2.16. The molecule has 0 aromatic heterocycles. The quantitative estimate of drug-likeness (QED) is 0.124. The summed E-state index contributed by atoms with van der Waals surface area (Å²) >= 11 is 24.2. The summed E-state index contributed by atoms with van der Waals surface area (Å²) in [5, 5.41) is -0.965. The lowest BCUT2D eigenvalue weighted by atomic mass is 10.3. The van der Waals surface area contributed by atoms with Crippen molar-refractivity contribution in [1.29, 1.82) is 0 Å². The number of sulfonamides is 2. The molecular formula is C24H32Cl6N4O8S2. The number of nitrogens with one attached hydrogen (secondary N) is 2. The van der Waals surface area contributed by atoms with Crippen LogP contribution in [0.1, 0.15) is 12.8 Å². The molecule has 250 valence electrons. The molecule has 0 aliphatic rings. The van der Waals surface area contributed by atoms with Crippen molar-refractivity contribution in [2.75, 3.05) is 54.4 Å². The van der Waals surface area contributed by atoms with E-state index in [9.17, 15) is 26.4 Å². The van der Waals surface area contributed by atoms with E-state index in [4.69, 9.17) is 55.9 Å². The third-order valence-corrected chi connectivity index (χ3v) is 9.16. The maximum Gasteiger partial charge on any atom is 0.423 e. The van der Waals surface area contributed by atoms with Crippen molar-refractivity contribution >= 4 is 103 Å². The first kappa shape index (κ1) is 42.9. The van der Waals surface area contributed by atoms with Crippen molar-refractivity contribution in [3.05, 3.63) is 44.4 Å². The molecule has 0 bridgehead atoms. The molecule has 2 aromatic rings. The number of halogens is 6. The third kappa shape index (κ3) is 12.9. The number of benzene rings is 2. The van der Waals surface area contributed by atoms with E-state index in [1.165, 1.54) is 0 Å². The SMILES string of the molecule is CN(C)CCCNS(=O)(=O)c1cc(Cl)cc(Cl)c1OC(=O)C(=O)Oc1c(Cl)cc(Cl)cc1S(=O)(=O)NCCCN(C)C.Cl.Cl. The Morgan fingerprint density at radius 3 is 1.27 bits per heavy atom. The molecule has 0 heterocycles. The second kappa shape index (κ2) is 18.9. The molecule has 0 unspecified atom stereocenters. The third-order valence-electron chi connectivity index (χ3n) is 5.23. The number of esters is 2. The van der Waals surface area contributed by atoms with Gasteiger partial charge in [-0.3, -0.25) is 0 Å². The summed E-state index contributed by atoms with van der Waals surface area (Å²) in [5.41, 5.74) is 0. The molecule has 0 aliphatic heterocycles. The first-order valence-electron chi connectivity index (χ1n) is 12.2. The normalized spacial score (nSPS) is 11.6. The maximum atomic E-state index is 13.0. The molecule has 44 heavy (non-hydrogen) atoms. The highest BCUT2D eigenvalue weighted by atomic mass is 35.5. The number of rotatable bonds is 14. The van der Waals surface area contributed by atoms with E-state index < -0.39 is 63.3 Å². The molecule has 2 rings (SSSR count). The van der Waals surface area contributed by atoms with Crippen LogP contribution in [-0.2, 0) is 29.6 Å². The largest absolute Gasteiger partial charge is 0.423 e. The second-order valence-corrected chi connectivity index (χ2v) is 14.5. The van der Waals surface area contributed by atoms with E-state index in [2.05, 4.69) is 9.44 Å². The summed E-state index contributed by atoms with van der Waals surface area (Å²) in [6.07, 6.45) is 0.916. The van der Waals surface area contributed by atoms with E-state index in [0.717, 1.165) is 24.3 Å². The molecule has 0 saturated carbocycles. The summed E-state index contributed by atoms with van der Waals surface area (Å²) in [4.78, 5) is 28.0. The fourth-order valence-corrected chi connectivity index (χ4v) is 7.10. The van der Waals surface area contributed by atoms with Crippen molar-refractivity contribution in [3.63, 3.8) is 0 Å². The van der Waals surface area contributed by atoms with Crippen LogP contribution in [0.15, 0.2) is 34.1 Å². The predicted molar refractivity (Wildman–Crippen MR) is 175 cm³/mol. The Hall–Kier alpha value is -1.14. The van der Waals surface area contributed by atoms with E-state index in [-0.39, 0.29) is 47.9 Å². The Kier molecular flexibility index (Phi) is 18.4. The van der Waals surface area contributed by atoms with Gasteiger partial charge < -0.3 is 19.3 Å². The number of hydrogen-bond donors (Lipinski definition) is 2. The minimum Gasteiger partial charge on any atom is -0.415 e. The van der Waals surface area contributed by atoms with Gasteiger partial charge in [-0.15, -0.1) is 24.8 Å². The number of ether oxygens (including phenoxy) is 2. The first-order valence-corrected chi connectivity index (χ1v) is 16.6. The zero-order valence-electron chi connectivity index (χ0n) is 23.9. The maximum absolute atomic E-state index is 13.0. The van der Waals surface area contributed by atoms with Gasteiger partial charge in [0.1, 0.15) is 9.79 Å². The highest BCUT2D eigenvalue weighted by molar-refractivity contribution is 7.90. The zero-order chi connectivity index (χ0) is 31.8. The summed E-state index contributed by atoms with van der Waals surface area (Å²) in [7, 11) is -1.34. The molecule has 0 spiro atoms. The molecule has 2 aromatic carbocycles. The Morgan fingerprint density at radius 2 is 0.977 bits per heavy atom. The minimum atomic E-state index is -4.31. The first-order chi connectivity index (χ1) is 19.4. The van der Waals surface area contributed by atoms with Crippen LogP contribution < -0.4 is 18.9 Å². The van der Waals surface area contributed by atoms with Gasteiger partial charge in [-0.25, -0.2) is 35.9 Å². The van der Waals surface area contributed by atoms with Crippen LogP contribution in [0.25, 0.3) is 0 Å². The molecule has 0 atom stereocenters. The van der Waals surface area contributed by atoms with Crippen LogP contribution in [-0.4, -0.2) is 92.9 Å². The molecular weight excluding hydrogens is 749 g/mol. The standard InChI is InChI=1S/C24H30Cl4N4O8S2.2ClH/c1-31(2)9-5-7-29-41(35,36)19-13-15(25)11-17(27)21(19)39-23(33)24(34)40-22-18(28)12-16(26)14-20(22)42(37,38)30-8-6-10-32(3)4;;/h11-14,29-30H,5-10H2,1-4H3;2*1H. The van der Waals surface area contributed by atoms with Crippen molar-refractivity contribution < 1.29 is 35.9 Å². The lowest BCUT2D eigenvalue weighted by Crippen LogP contribution is -2.31. The summed E-state index contributed by atoms with van der Waals surface area (Å²) in [6.45, 7) is 1.25. The van der Waals surface area contributed by atoms with E-state index in [0.29, 0.717) is 25.9 Å². The Morgan fingerprint density at radius 1 is 0.659 bits per heavy atom. The Bertz CT molecular complexity index is 1410.